The van der Waals surface area contributed by atoms with Gasteiger partial charge in [-0.1, -0.05) is 40.5 Å². The first-order valence-electron chi connectivity index (χ1n) is 5.78. The third-order valence-corrected chi connectivity index (χ3v) is 3.71. The zero-order valence-corrected chi connectivity index (χ0v) is 10.8. The van der Waals surface area contributed by atoms with E-state index in [2.05, 4.69) is 21.2 Å². The lowest BCUT2D eigenvalue weighted by Gasteiger charge is -2.22. The minimum Gasteiger partial charge on any atom is -0.314 e. The summed E-state index contributed by atoms with van der Waals surface area (Å²) in [5.41, 5.74) is 0.801. The molecule has 0 aliphatic carbocycles. The second-order valence-electron chi connectivity index (χ2n) is 4.25. The largest absolute Gasteiger partial charge is 0.314 e. The average Bonchev–Trinajstić information content (AvgIpc) is 2.31. The van der Waals surface area contributed by atoms with Gasteiger partial charge >= 0.3 is 0 Å². The highest BCUT2D eigenvalue weighted by atomic mass is 79.9. The van der Waals surface area contributed by atoms with Gasteiger partial charge in [-0.25, -0.2) is 0 Å². The Balaban J connectivity index is 2.00. The van der Waals surface area contributed by atoms with Crippen molar-refractivity contribution in [2.75, 3.05) is 6.54 Å². The molecule has 1 aliphatic heterocycles. The van der Waals surface area contributed by atoms with Gasteiger partial charge in [0.25, 0.3) is 0 Å². The highest BCUT2D eigenvalue weighted by molar-refractivity contribution is 9.10. The summed E-state index contributed by atoms with van der Waals surface area (Å²) in [7, 11) is 0. The van der Waals surface area contributed by atoms with Crippen molar-refractivity contribution in [3.8, 4) is 0 Å². The SMILES string of the molecule is O=C(CC1CCCCN1)c1ccccc1Br. The number of rotatable bonds is 3. The summed E-state index contributed by atoms with van der Waals surface area (Å²) in [6.45, 7) is 1.05. The third kappa shape index (κ3) is 2.92. The number of hydrogen-bond acceptors (Lipinski definition) is 2. The highest BCUT2D eigenvalue weighted by Crippen LogP contribution is 2.20. The van der Waals surface area contributed by atoms with Gasteiger partial charge in [0.1, 0.15) is 0 Å². The Hall–Kier alpha value is -0.670. The minimum absolute atomic E-state index is 0.229. The van der Waals surface area contributed by atoms with Gasteiger partial charge in [0, 0.05) is 22.5 Å². The maximum absolute atomic E-state index is 12.1. The van der Waals surface area contributed by atoms with E-state index < -0.39 is 0 Å². The molecule has 0 spiro atoms. The molecule has 2 nitrogen and oxygen atoms in total. The topological polar surface area (TPSA) is 29.1 Å². The zero-order valence-electron chi connectivity index (χ0n) is 9.21. The van der Waals surface area contributed by atoms with E-state index in [9.17, 15) is 4.79 Å². The Morgan fingerprint density at radius 2 is 2.19 bits per heavy atom. The first-order valence-corrected chi connectivity index (χ1v) is 6.58. The van der Waals surface area contributed by atoms with Crippen LogP contribution in [0.2, 0.25) is 0 Å². The van der Waals surface area contributed by atoms with Gasteiger partial charge in [0.15, 0.2) is 5.78 Å². The smallest absolute Gasteiger partial charge is 0.165 e. The molecule has 1 saturated heterocycles. The van der Waals surface area contributed by atoms with E-state index in [1.807, 2.05) is 24.3 Å². The van der Waals surface area contributed by atoms with Crippen molar-refractivity contribution in [1.82, 2.24) is 5.32 Å². The number of carbonyl (C=O) groups is 1. The molecule has 1 aliphatic rings. The first-order chi connectivity index (χ1) is 7.77. The van der Waals surface area contributed by atoms with Gasteiger partial charge in [-0.05, 0) is 25.5 Å². The minimum atomic E-state index is 0.229. The molecule has 0 saturated carbocycles. The normalized spacial score (nSPS) is 20.7. The molecule has 1 heterocycles. The predicted molar refractivity (Wildman–Crippen MR) is 68.7 cm³/mol. The van der Waals surface area contributed by atoms with Crippen molar-refractivity contribution in [3.63, 3.8) is 0 Å². The highest BCUT2D eigenvalue weighted by Gasteiger charge is 2.18. The van der Waals surface area contributed by atoms with E-state index in [1.165, 1.54) is 12.8 Å². The Bertz CT molecular complexity index is 372. The van der Waals surface area contributed by atoms with Crippen LogP contribution in [0.25, 0.3) is 0 Å². The summed E-state index contributed by atoms with van der Waals surface area (Å²) in [5.74, 6) is 0.229. The Morgan fingerprint density at radius 1 is 1.38 bits per heavy atom. The zero-order chi connectivity index (χ0) is 11.4. The van der Waals surface area contributed by atoms with Crippen LogP contribution in [0.1, 0.15) is 36.0 Å². The van der Waals surface area contributed by atoms with Gasteiger partial charge < -0.3 is 5.32 Å². The average molecular weight is 282 g/mol. The fourth-order valence-corrected chi connectivity index (χ4v) is 2.63. The van der Waals surface area contributed by atoms with Crippen LogP contribution in [0.4, 0.5) is 0 Å². The second kappa shape index (κ2) is 5.60. The van der Waals surface area contributed by atoms with Crippen LogP contribution < -0.4 is 5.32 Å². The van der Waals surface area contributed by atoms with Crippen LogP contribution in [0.3, 0.4) is 0 Å². The van der Waals surface area contributed by atoms with E-state index in [1.54, 1.807) is 0 Å². The van der Waals surface area contributed by atoms with E-state index >= 15 is 0 Å². The number of piperidine rings is 1. The van der Waals surface area contributed by atoms with Crippen LogP contribution in [0.5, 0.6) is 0 Å². The van der Waals surface area contributed by atoms with Crippen LogP contribution in [-0.2, 0) is 0 Å². The molecular formula is C13H16BrNO. The van der Waals surface area contributed by atoms with Crippen LogP contribution >= 0.6 is 15.9 Å². The molecule has 1 unspecified atom stereocenters. The van der Waals surface area contributed by atoms with Crippen LogP contribution in [0, 0.1) is 0 Å². The number of carbonyl (C=O) groups excluding carboxylic acids is 1. The lowest BCUT2D eigenvalue weighted by Crippen LogP contribution is -2.35. The molecule has 1 atom stereocenters. The van der Waals surface area contributed by atoms with E-state index in [4.69, 9.17) is 0 Å². The van der Waals surface area contributed by atoms with Crippen molar-refractivity contribution in [2.24, 2.45) is 0 Å². The molecule has 2 rings (SSSR count). The van der Waals surface area contributed by atoms with Gasteiger partial charge in [-0.15, -0.1) is 0 Å². The molecule has 1 aromatic rings. The number of Topliss-reactive ketones (excluding diaryl/α,β-unsaturated/α-hetero) is 1. The van der Waals surface area contributed by atoms with E-state index in [0.717, 1.165) is 23.0 Å². The summed E-state index contributed by atoms with van der Waals surface area (Å²) in [6, 6.07) is 8.01. The molecule has 1 N–H and O–H groups in total. The monoisotopic (exact) mass is 281 g/mol. The fraction of sp³-hybridized carbons (Fsp3) is 0.462. The quantitative estimate of drug-likeness (QED) is 0.863. The molecule has 0 bridgehead atoms. The Morgan fingerprint density at radius 3 is 2.88 bits per heavy atom. The molecule has 0 radical (unpaired) electrons. The molecule has 0 aromatic heterocycles. The van der Waals surface area contributed by atoms with E-state index in [-0.39, 0.29) is 5.78 Å². The second-order valence-corrected chi connectivity index (χ2v) is 5.11. The van der Waals surface area contributed by atoms with Crippen molar-refractivity contribution in [3.05, 3.63) is 34.3 Å². The summed E-state index contributed by atoms with van der Waals surface area (Å²) < 4.78 is 0.899. The molecule has 16 heavy (non-hydrogen) atoms. The molecule has 86 valence electrons. The van der Waals surface area contributed by atoms with Gasteiger partial charge in [0.2, 0.25) is 0 Å². The first kappa shape index (κ1) is 11.8. The summed E-state index contributed by atoms with van der Waals surface area (Å²) in [6.07, 6.45) is 4.21. The Kier molecular flexibility index (Phi) is 4.13. The summed E-state index contributed by atoms with van der Waals surface area (Å²) in [4.78, 5) is 12.1. The van der Waals surface area contributed by atoms with Crippen molar-refractivity contribution >= 4 is 21.7 Å². The summed E-state index contributed by atoms with van der Waals surface area (Å²) >= 11 is 3.42. The van der Waals surface area contributed by atoms with Crippen LogP contribution in [0.15, 0.2) is 28.7 Å². The number of hydrogen-bond donors (Lipinski definition) is 1. The van der Waals surface area contributed by atoms with E-state index in [0.29, 0.717) is 12.5 Å². The van der Waals surface area contributed by atoms with Crippen molar-refractivity contribution < 1.29 is 4.79 Å². The lowest BCUT2D eigenvalue weighted by atomic mass is 9.97. The molecule has 1 aromatic carbocycles. The van der Waals surface area contributed by atoms with Crippen LogP contribution in [-0.4, -0.2) is 18.4 Å². The van der Waals surface area contributed by atoms with Crippen molar-refractivity contribution in [2.45, 2.75) is 31.7 Å². The lowest BCUT2D eigenvalue weighted by molar-refractivity contribution is 0.0963. The molecule has 0 amide bonds. The molecule has 1 fully saturated rings. The predicted octanol–water partition coefficient (Wildman–Crippen LogP) is 3.16. The maximum Gasteiger partial charge on any atom is 0.165 e. The van der Waals surface area contributed by atoms with Gasteiger partial charge in [-0.3, -0.25) is 4.79 Å². The van der Waals surface area contributed by atoms with Gasteiger partial charge in [-0.2, -0.15) is 0 Å². The number of nitrogens with one attached hydrogen (secondary N) is 1. The number of halogens is 1. The number of benzene rings is 1. The maximum atomic E-state index is 12.1. The molecular weight excluding hydrogens is 266 g/mol. The summed E-state index contributed by atoms with van der Waals surface area (Å²) in [5, 5.41) is 3.40. The van der Waals surface area contributed by atoms with Crippen molar-refractivity contribution in [1.29, 1.82) is 0 Å². The fourth-order valence-electron chi connectivity index (χ4n) is 2.12. The Labute approximate surface area is 105 Å². The molecule has 3 heteroatoms. The van der Waals surface area contributed by atoms with Gasteiger partial charge in [0.05, 0.1) is 0 Å². The third-order valence-electron chi connectivity index (χ3n) is 3.02. The standard InChI is InChI=1S/C13H16BrNO/c14-12-7-2-1-6-11(12)13(16)9-10-5-3-4-8-15-10/h1-2,6-7,10,15H,3-5,8-9H2. The number of ketones is 1.